The Morgan fingerprint density at radius 2 is 2.03 bits per heavy atom. The van der Waals surface area contributed by atoms with Crippen molar-refractivity contribution in [3.8, 4) is 22.0 Å². The van der Waals surface area contributed by atoms with Crippen molar-refractivity contribution < 1.29 is 13.9 Å². The molecule has 0 amide bonds. The van der Waals surface area contributed by atoms with Crippen LogP contribution in [0.3, 0.4) is 0 Å². The first-order valence-corrected chi connectivity index (χ1v) is 11.1. The Balaban J connectivity index is 1.43. The molecule has 0 unspecified atom stereocenters. The minimum atomic E-state index is -0.357. The molecular weight excluding hydrogens is 434 g/mol. The number of benzene rings is 1. The molecular formula is C22H15N3O4S2. The molecule has 4 heterocycles. The number of carbonyl (C=O) groups is 1. The second-order valence-corrected chi connectivity index (χ2v) is 8.48. The summed E-state index contributed by atoms with van der Waals surface area (Å²) in [7, 11) is 0. The van der Waals surface area contributed by atoms with Gasteiger partial charge in [0.05, 0.1) is 17.0 Å². The summed E-state index contributed by atoms with van der Waals surface area (Å²) in [5, 5.41) is 6.28. The highest BCUT2D eigenvalue weighted by Crippen LogP contribution is 2.24. The van der Waals surface area contributed by atoms with Crippen molar-refractivity contribution in [3.05, 3.63) is 80.1 Å². The van der Waals surface area contributed by atoms with Crippen molar-refractivity contribution in [2.45, 2.75) is 6.92 Å². The summed E-state index contributed by atoms with van der Waals surface area (Å²) in [6, 6.07) is 14.4. The molecule has 0 saturated carbocycles. The third-order valence-corrected chi connectivity index (χ3v) is 6.33. The molecule has 1 aromatic carbocycles. The van der Waals surface area contributed by atoms with Gasteiger partial charge in [0, 0.05) is 11.6 Å². The summed E-state index contributed by atoms with van der Waals surface area (Å²) in [6.07, 6.45) is 1.69. The molecule has 31 heavy (non-hydrogen) atoms. The van der Waals surface area contributed by atoms with Gasteiger partial charge in [-0.2, -0.15) is 9.50 Å². The standard InChI is InChI=1S/C22H15N3O4S2/c1-2-28-21(27)14-7-5-13(6-8-14)16-10-9-15(29-16)12-18-20(26)25-22(31-18)23-19(24-25)17-4-3-11-30-17/h3-12H,2H2,1H3. The van der Waals surface area contributed by atoms with E-state index in [2.05, 4.69) is 10.1 Å². The normalized spacial score (nSPS) is 12.0. The van der Waals surface area contributed by atoms with Gasteiger partial charge in [0.25, 0.3) is 5.56 Å². The van der Waals surface area contributed by atoms with Crippen molar-refractivity contribution in [3.63, 3.8) is 0 Å². The van der Waals surface area contributed by atoms with Crippen LogP contribution in [0.15, 0.2) is 63.1 Å². The number of nitrogens with zero attached hydrogens (tertiary/aromatic N) is 3. The van der Waals surface area contributed by atoms with Crippen LogP contribution in [0, 0.1) is 0 Å². The molecule has 7 nitrogen and oxygen atoms in total. The Labute approximate surface area is 183 Å². The van der Waals surface area contributed by atoms with Crippen LogP contribution in [-0.2, 0) is 4.74 Å². The second kappa shape index (κ2) is 7.93. The van der Waals surface area contributed by atoms with E-state index in [1.165, 1.54) is 27.2 Å². The lowest BCUT2D eigenvalue weighted by Crippen LogP contribution is -2.23. The summed E-state index contributed by atoms with van der Waals surface area (Å²) in [5.74, 6) is 1.37. The van der Waals surface area contributed by atoms with Crippen LogP contribution in [-0.4, -0.2) is 27.2 Å². The Morgan fingerprint density at radius 1 is 1.19 bits per heavy atom. The fraction of sp³-hybridized carbons (Fsp3) is 0.0909. The van der Waals surface area contributed by atoms with Crippen molar-refractivity contribution in [2.75, 3.05) is 6.61 Å². The molecule has 0 aliphatic rings. The molecule has 9 heteroatoms. The topological polar surface area (TPSA) is 86.7 Å². The minimum absolute atomic E-state index is 0.230. The number of hydrogen-bond donors (Lipinski definition) is 0. The molecule has 0 saturated heterocycles. The fourth-order valence-corrected chi connectivity index (χ4v) is 4.58. The van der Waals surface area contributed by atoms with Gasteiger partial charge in [0.15, 0.2) is 5.82 Å². The van der Waals surface area contributed by atoms with Crippen LogP contribution in [0.25, 0.3) is 33.1 Å². The van der Waals surface area contributed by atoms with Gasteiger partial charge in [0.2, 0.25) is 4.96 Å². The number of aromatic nitrogens is 3. The smallest absolute Gasteiger partial charge is 0.338 e. The van der Waals surface area contributed by atoms with E-state index < -0.39 is 0 Å². The van der Waals surface area contributed by atoms with Crippen molar-refractivity contribution in [1.29, 1.82) is 0 Å². The first-order chi connectivity index (χ1) is 15.1. The molecule has 0 bridgehead atoms. The second-order valence-electron chi connectivity index (χ2n) is 6.52. The van der Waals surface area contributed by atoms with Gasteiger partial charge in [-0.1, -0.05) is 29.5 Å². The number of fused-ring (bicyclic) bond motifs is 1. The van der Waals surface area contributed by atoms with Crippen LogP contribution < -0.4 is 10.1 Å². The lowest BCUT2D eigenvalue weighted by atomic mass is 10.1. The molecule has 0 radical (unpaired) electrons. The lowest BCUT2D eigenvalue weighted by molar-refractivity contribution is 0.0526. The van der Waals surface area contributed by atoms with E-state index in [0.29, 0.717) is 39.0 Å². The predicted octanol–water partition coefficient (Wildman–Crippen LogP) is 3.86. The van der Waals surface area contributed by atoms with Crippen molar-refractivity contribution >= 4 is 39.7 Å². The first kappa shape index (κ1) is 19.4. The van der Waals surface area contributed by atoms with Crippen LogP contribution in [0.1, 0.15) is 23.0 Å². The predicted molar refractivity (Wildman–Crippen MR) is 119 cm³/mol. The average Bonchev–Trinajstić information content (AvgIpc) is 3.56. The molecule has 0 N–H and O–H groups in total. The van der Waals surface area contributed by atoms with E-state index in [1.807, 2.05) is 23.6 Å². The highest BCUT2D eigenvalue weighted by atomic mass is 32.1. The number of ether oxygens (including phenoxy) is 1. The molecule has 4 aromatic heterocycles. The van der Waals surface area contributed by atoms with E-state index in [4.69, 9.17) is 9.15 Å². The largest absolute Gasteiger partial charge is 0.462 e. The third kappa shape index (κ3) is 3.69. The van der Waals surface area contributed by atoms with Gasteiger partial charge in [-0.15, -0.1) is 16.4 Å². The molecule has 0 aliphatic carbocycles. The maximum absolute atomic E-state index is 12.7. The zero-order valence-corrected chi connectivity index (χ0v) is 17.9. The maximum atomic E-state index is 12.7. The quantitative estimate of drug-likeness (QED) is 0.379. The number of thiazole rings is 1. The SMILES string of the molecule is CCOC(=O)c1ccc(-c2ccc(C=c3sc4nc(-c5cccs5)nn4c3=O)o2)cc1. The van der Waals surface area contributed by atoms with E-state index >= 15 is 0 Å². The van der Waals surface area contributed by atoms with Crippen LogP contribution in [0.4, 0.5) is 0 Å². The number of rotatable bonds is 5. The number of carbonyl (C=O) groups excluding carboxylic acids is 1. The van der Waals surface area contributed by atoms with Gasteiger partial charge in [-0.25, -0.2) is 4.79 Å². The summed E-state index contributed by atoms with van der Waals surface area (Å²) in [5.41, 5.74) is 1.07. The number of hydrogen-bond acceptors (Lipinski definition) is 8. The van der Waals surface area contributed by atoms with Gasteiger partial charge >= 0.3 is 5.97 Å². The average molecular weight is 450 g/mol. The molecule has 0 aliphatic heterocycles. The Bertz CT molecular complexity index is 1480. The summed E-state index contributed by atoms with van der Waals surface area (Å²) in [4.78, 5) is 30.4. The number of thiophene rings is 1. The molecule has 5 aromatic rings. The third-order valence-electron chi connectivity index (χ3n) is 4.50. The zero-order valence-electron chi connectivity index (χ0n) is 16.3. The summed E-state index contributed by atoms with van der Waals surface area (Å²) in [6.45, 7) is 2.10. The first-order valence-electron chi connectivity index (χ1n) is 9.45. The van der Waals surface area contributed by atoms with E-state index in [1.54, 1.807) is 43.3 Å². The lowest BCUT2D eigenvalue weighted by Gasteiger charge is -2.02. The Hall–Kier alpha value is -3.56. The maximum Gasteiger partial charge on any atom is 0.338 e. The molecule has 154 valence electrons. The highest BCUT2D eigenvalue weighted by Gasteiger charge is 2.13. The van der Waals surface area contributed by atoms with E-state index in [0.717, 1.165) is 10.4 Å². The van der Waals surface area contributed by atoms with Crippen molar-refractivity contribution in [2.24, 2.45) is 0 Å². The Morgan fingerprint density at radius 3 is 2.74 bits per heavy atom. The fourth-order valence-electron chi connectivity index (χ4n) is 3.04. The minimum Gasteiger partial charge on any atom is -0.462 e. The van der Waals surface area contributed by atoms with Crippen LogP contribution >= 0.6 is 22.7 Å². The zero-order chi connectivity index (χ0) is 21.4. The van der Waals surface area contributed by atoms with Gasteiger partial charge in [-0.3, -0.25) is 4.79 Å². The summed E-state index contributed by atoms with van der Waals surface area (Å²) < 4.78 is 12.7. The molecule has 0 spiro atoms. The monoisotopic (exact) mass is 449 g/mol. The molecule has 5 rings (SSSR count). The number of esters is 1. The highest BCUT2D eigenvalue weighted by molar-refractivity contribution is 7.15. The van der Waals surface area contributed by atoms with Crippen LogP contribution in [0.5, 0.6) is 0 Å². The van der Waals surface area contributed by atoms with Crippen molar-refractivity contribution in [1.82, 2.24) is 14.6 Å². The number of furan rings is 1. The summed E-state index contributed by atoms with van der Waals surface area (Å²) >= 11 is 2.79. The van der Waals surface area contributed by atoms with Gasteiger partial charge in [-0.05, 0) is 42.6 Å². The van der Waals surface area contributed by atoms with Crippen LogP contribution in [0.2, 0.25) is 0 Å². The van der Waals surface area contributed by atoms with E-state index in [-0.39, 0.29) is 11.5 Å². The Kier molecular flexibility index (Phi) is 4.97. The molecule has 0 fully saturated rings. The molecule has 0 atom stereocenters. The van der Waals surface area contributed by atoms with Gasteiger partial charge in [0.1, 0.15) is 16.1 Å². The van der Waals surface area contributed by atoms with E-state index in [9.17, 15) is 9.59 Å². The van der Waals surface area contributed by atoms with Gasteiger partial charge < -0.3 is 9.15 Å².